The first kappa shape index (κ1) is 15.7. The fraction of sp³-hybridized carbons (Fsp3) is 0.111. The molecule has 0 saturated carbocycles. The van der Waals surface area contributed by atoms with Gasteiger partial charge in [0, 0.05) is 28.3 Å². The van der Waals surface area contributed by atoms with Gasteiger partial charge in [0.2, 0.25) is 0 Å². The largest absolute Gasteiger partial charge is 0.296 e. The second kappa shape index (κ2) is 6.97. The number of thioether (sulfide) groups is 1. The van der Waals surface area contributed by atoms with Crippen LogP contribution in [0.1, 0.15) is 0 Å². The summed E-state index contributed by atoms with van der Waals surface area (Å²) in [5.74, 6) is 1.03. The number of hydrogen-bond acceptors (Lipinski definition) is 4. The zero-order valence-corrected chi connectivity index (χ0v) is 15.1. The number of halogens is 1. The van der Waals surface area contributed by atoms with Crippen molar-refractivity contribution in [1.82, 2.24) is 4.98 Å². The monoisotopic (exact) mass is 371 g/mol. The highest BCUT2D eigenvalue weighted by Crippen LogP contribution is 2.33. The molecule has 0 aliphatic carbocycles. The third-order valence-electron chi connectivity index (χ3n) is 3.62. The first-order valence-electron chi connectivity index (χ1n) is 7.55. The molecule has 1 aliphatic heterocycles. The number of rotatable bonds is 3. The van der Waals surface area contributed by atoms with E-state index in [9.17, 15) is 0 Å². The van der Waals surface area contributed by atoms with Crippen LogP contribution in [0.2, 0.25) is 5.02 Å². The Labute approximate surface area is 154 Å². The highest BCUT2D eigenvalue weighted by atomic mass is 35.5. The molecule has 0 atom stereocenters. The fourth-order valence-electron chi connectivity index (χ4n) is 2.43. The molecule has 2 aromatic carbocycles. The van der Waals surface area contributed by atoms with Gasteiger partial charge < -0.3 is 0 Å². The molecule has 0 N–H and O–H groups in total. The van der Waals surface area contributed by atoms with Gasteiger partial charge in [-0.2, -0.15) is 0 Å². The maximum absolute atomic E-state index is 5.96. The van der Waals surface area contributed by atoms with E-state index in [-0.39, 0.29) is 0 Å². The molecule has 4 rings (SSSR count). The Hall–Kier alpha value is -1.82. The summed E-state index contributed by atoms with van der Waals surface area (Å²) in [7, 11) is 0. The summed E-state index contributed by atoms with van der Waals surface area (Å²) in [6, 6.07) is 17.8. The number of aromatic nitrogens is 1. The SMILES string of the molecule is Clc1ccc(-c2csc(N3CCSC3=Nc3ccccc3)n2)cc1. The third-order valence-corrected chi connectivity index (χ3v) is 5.69. The van der Waals surface area contributed by atoms with Crippen molar-refractivity contribution in [2.45, 2.75) is 0 Å². The van der Waals surface area contributed by atoms with E-state index in [1.807, 2.05) is 54.6 Å². The smallest absolute Gasteiger partial charge is 0.191 e. The van der Waals surface area contributed by atoms with Gasteiger partial charge >= 0.3 is 0 Å². The molecule has 1 saturated heterocycles. The molecule has 24 heavy (non-hydrogen) atoms. The number of para-hydroxylation sites is 1. The molecule has 3 nitrogen and oxygen atoms in total. The molecular weight excluding hydrogens is 358 g/mol. The Balaban J connectivity index is 1.61. The fourth-order valence-corrected chi connectivity index (χ4v) is 4.43. The lowest BCUT2D eigenvalue weighted by atomic mass is 10.2. The van der Waals surface area contributed by atoms with Crippen LogP contribution in [0, 0.1) is 0 Å². The van der Waals surface area contributed by atoms with Gasteiger partial charge in [0.05, 0.1) is 11.4 Å². The van der Waals surface area contributed by atoms with E-state index in [0.717, 1.165) is 44.6 Å². The summed E-state index contributed by atoms with van der Waals surface area (Å²) in [6.07, 6.45) is 0. The standard InChI is InChI=1S/C18H14ClN3S2/c19-14-8-6-13(7-9-14)16-12-24-18(21-16)22-10-11-23-17(22)20-15-4-2-1-3-5-15/h1-9,12H,10-11H2. The van der Waals surface area contributed by atoms with Gasteiger partial charge in [-0.05, 0) is 24.3 Å². The lowest BCUT2D eigenvalue weighted by molar-refractivity contribution is 1.09. The highest BCUT2D eigenvalue weighted by Gasteiger charge is 2.24. The predicted octanol–water partition coefficient (Wildman–Crippen LogP) is 5.70. The minimum absolute atomic E-state index is 0.738. The molecule has 1 aliphatic rings. The van der Waals surface area contributed by atoms with Crippen molar-refractivity contribution in [3.63, 3.8) is 0 Å². The van der Waals surface area contributed by atoms with Gasteiger partial charge in [-0.15, -0.1) is 11.3 Å². The van der Waals surface area contributed by atoms with E-state index < -0.39 is 0 Å². The van der Waals surface area contributed by atoms with E-state index in [4.69, 9.17) is 21.6 Å². The number of nitrogens with zero attached hydrogens (tertiary/aromatic N) is 3. The Kier molecular flexibility index (Phi) is 4.56. The maximum Gasteiger partial charge on any atom is 0.191 e. The Bertz CT molecular complexity index is 859. The van der Waals surface area contributed by atoms with Crippen molar-refractivity contribution >= 4 is 50.7 Å². The quantitative estimate of drug-likeness (QED) is 0.590. The van der Waals surface area contributed by atoms with Crippen molar-refractivity contribution < 1.29 is 0 Å². The van der Waals surface area contributed by atoms with Crippen LogP contribution in [0.25, 0.3) is 11.3 Å². The second-order valence-corrected chi connectivity index (χ2v) is 7.59. The zero-order valence-electron chi connectivity index (χ0n) is 12.7. The van der Waals surface area contributed by atoms with Crippen LogP contribution in [0.15, 0.2) is 65.0 Å². The van der Waals surface area contributed by atoms with Crippen LogP contribution in [-0.4, -0.2) is 22.4 Å². The van der Waals surface area contributed by atoms with Gasteiger partial charge in [0.15, 0.2) is 10.3 Å². The van der Waals surface area contributed by atoms with Crippen LogP contribution < -0.4 is 4.90 Å². The minimum Gasteiger partial charge on any atom is -0.296 e. The van der Waals surface area contributed by atoms with Gasteiger partial charge in [-0.25, -0.2) is 9.98 Å². The second-order valence-electron chi connectivity index (χ2n) is 5.25. The summed E-state index contributed by atoms with van der Waals surface area (Å²) in [4.78, 5) is 11.8. The van der Waals surface area contributed by atoms with Crippen LogP contribution in [0.5, 0.6) is 0 Å². The number of benzene rings is 2. The Morgan fingerprint density at radius 1 is 1.04 bits per heavy atom. The highest BCUT2D eigenvalue weighted by molar-refractivity contribution is 8.14. The molecule has 0 radical (unpaired) electrons. The van der Waals surface area contributed by atoms with Gasteiger partial charge in [0.25, 0.3) is 0 Å². The summed E-state index contributed by atoms with van der Waals surface area (Å²) in [5.41, 5.74) is 3.03. The summed E-state index contributed by atoms with van der Waals surface area (Å²) in [6.45, 7) is 0.934. The van der Waals surface area contributed by atoms with Crippen molar-refractivity contribution in [1.29, 1.82) is 0 Å². The number of hydrogen-bond donors (Lipinski definition) is 0. The molecule has 0 bridgehead atoms. The normalized spacial score (nSPS) is 16.0. The van der Waals surface area contributed by atoms with Crippen LogP contribution in [0.4, 0.5) is 10.8 Å². The lowest BCUT2D eigenvalue weighted by Gasteiger charge is -2.13. The average molecular weight is 372 g/mol. The molecule has 2 heterocycles. The summed E-state index contributed by atoms with van der Waals surface area (Å²) >= 11 is 9.38. The first-order valence-corrected chi connectivity index (χ1v) is 9.79. The van der Waals surface area contributed by atoms with E-state index in [1.54, 1.807) is 23.1 Å². The first-order chi connectivity index (χ1) is 11.8. The summed E-state index contributed by atoms with van der Waals surface area (Å²) in [5, 5.41) is 4.82. The van der Waals surface area contributed by atoms with Crippen LogP contribution >= 0.6 is 34.7 Å². The van der Waals surface area contributed by atoms with Crippen molar-refractivity contribution in [2.75, 3.05) is 17.2 Å². The number of amidine groups is 1. The van der Waals surface area contributed by atoms with Gasteiger partial charge in [-0.1, -0.05) is 53.7 Å². The predicted molar refractivity (Wildman–Crippen MR) is 106 cm³/mol. The molecule has 6 heteroatoms. The van der Waals surface area contributed by atoms with Crippen molar-refractivity contribution in [3.05, 3.63) is 65.0 Å². The van der Waals surface area contributed by atoms with E-state index in [2.05, 4.69) is 10.3 Å². The number of thiazole rings is 1. The van der Waals surface area contributed by atoms with E-state index >= 15 is 0 Å². The maximum atomic E-state index is 5.96. The number of aliphatic imine (C=N–C) groups is 1. The van der Waals surface area contributed by atoms with Crippen molar-refractivity contribution in [3.8, 4) is 11.3 Å². The van der Waals surface area contributed by atoms with Gasteiger partial charge in [0.1, 0.15) is 0 Å². The molecule has 0 amide bonds. The zero-order chi connectivity index (χ0) is 16.4. The third kappa shape index (κ3) is 3.34. The molecule has 0 spiro atoms. The molecule has 1 aromatic heterocycles. The van der Waals surface area contributed by atoms with E-state index in [1.165, 1.54) is 0 Å². The van der Waals surface area contributed by atoms with Gasteiger partial charge in [-0.3, -0.25) is 4.90 Å². The molecule has 120 valence electrons. The van der Waals surface area contributed by atoms with Crippen LogP contribution in [-0.2, 0) is 0 Å². The molecular formula is C18H14ClN3S2. The average Bonchev–Trinajstić information content (AvgIpc) is 3.25. The Morgan fingerprint density at radius 3 is 2.62 bits per heavy atom. The molecule has 3 aromatic rings. The minimum atomic E-state index is 0.738. The topological polar surface area (TPSA) is 28.5 Å². The summed E-state index contributed by atoms with van der Waals surface area (Å²) < 4.78 is 0. The Morgan fingerprint density at radius 2 is 1.83 bits per heavy atom. The van der Waals surface area contributed by atoms with E-state index in [0.29, 0.717) is 0 Å². The van der Waals surface area contributed by atoms with Crippen molar-refractivity contribution in [2.24, 2.45) is 4.99 Å². The lowest BCUT2D eigenvalue weighted by Crippen LogP contribution is -2.23. The van der Waals surface area contributed by atoms with Crippen LogP contribution in [0.3, 0.4) is 0 Å². The molecule has 0 unspecified atom stereocenters. The molecule has 1 fully saturated rings. The number of anilines is 1.